The smallest absolute Gasteiger partial charge is 0.136 e. The summed E-state index contributed by atoms with van der Waals surface area (Å²) in [4.78, 5) is 0. The third kappa shape index (κ3) is 3.46. The molecular weight excluding hydrogens is 583 g/mol. The van der Waals surface area contributed by atoms with Crippen molar-refractivity contribution in [2.75, 3.05) is 0 Å². The first-order chi connectivity index (χ1) is 23.8. The van der Waals surface area contributed by atoms with E-state index >= 15 is 0 Å². The van der Waals surface area contributed by atoms with Gasteiger partial charge in [-0.3, -0.25) is 0 Å². The highest BCUT2D eigenvalue weighted by Gasteiger charge is 2.19. The van der Waals surface area contributed by atoms with Crippen molar-refractivity contribution in [2.24, 2.45) is 0 Å². The van der Waals surface area contributed by atoms with Crippen molar-refractivity contribution in [3.05, 3.63) is 164 Å². The number of fused-ring (bicyclic) bond motifs is 15. The molecule has 0 radical (unpaired) electrons. The van der Waals surface area contributed by atoms with Crippen LogP contribution in [0.15, 0.2) is 168 Å². The average Bonchev–Trinajstić information content (AvgIpc) is 3.71. The Hall–Kier alpha value is -6.38. The van der Waals surface area contributed by atoms with E-state index in [4.69, 9.17) is 4.42 Å². The zero-order valence-electron chi connectivity index (χ0n) is 25.9. The second kappa shape index (κ2) is 9.57. The van der Waals surface area contributed by atoms with Gasteiger partial charge >= 0.3 is 0 Å². The van der Waals surface area contributed by atoms with Gasteiger partial charge in [0.25, 0.3) is 0 Å². The number of para-hydroxylation sites is 2. The van der Waals surface area contributed by atoms with Gasteiger partial charge in [-0.05, 0) is 103 Å². The van der Waals surface area contributed by atoms with Crippen molar-refractivity contribution in [3.8, 4) is 16.8 Å². The molecule has 11 rings (SSSR count). The van der Waals surface area contributed by atoms with E-state index < -0.39 is 0 Å². The van der Waals surface area contributed by atoms with Crippen molar-refractivity contribution < 1.29 is 4.42 Å². The summed E-state index contributed by atoms with van der Waals surface area (Å²) < 4.78 is 8.87. The molecule has 2 heteroatoms. The molecule has 11 aromatic rings. The highest BCUT2D eigenvalue weighted by Crippen LogP contribution is 2.45. The fourth-order valence-electron chi connectivity index (χ4n) is 8.26. The highest BCUT2D eigenvalue weighted by atomic mass is 16.3. The molecule has 9 aromatic carbocycles. The standard InChI is InChI=1S/C46H27NO/c1-2-11-31(12-3-1)47-40-17-9-8-15-35(40)39-27-30(19-23-41(39)47)29-18-21-34-37-22-25-43-46(44(37)36-16-7-6-14-33(36)38(34)26-29)45-32-13-5-4-10-28(32)20-24-42(45)48-43/h1-27H. The second-order valence-electron chi connectivity index (χ2n) is 12.8. The highest BCUT2D eigenvalue weighted by molar-refractivity contribution is 6.37. The summed E-state index contributed by atoms with van der Waals surface area (Å²) >= 11 is 0. The fraction of sp³-hybridized carbons (Fsp3) is 0. The van der Waals surface area contributed by atoms with Gasteiger partial charge in [-0.25, -0.2) is 0 Å². The Morgan fingerprint density at radius 3 is 1.79 bits per heavy atom. The molecule has 48 heavy (non-hydrogen) atoms. The molecule has 0 saturated heterocycles. The normalized spacial score (nSPS) is 12.2. The zero-order valence-corrected chi connectivity index (χ0v) is 25.9. The third-order valence-electron chi connectivity index (χ3n) is 10.3. The topological polar surface area (TPSA) is 18.1 Å². The lowest BCUT2D eigenvalue weighted by Crippen LogP contribution is -1.92. The molecule has 0 N–H and O–H groups in total. The summed E-state index contributed by atoms with van der Waals surface area (Å²) in [5.74, 6) is 0. The number of rotatable bonds is 2. The number of hydrogen-bond donors (Lipinski definition) is 0. The van der Waals surface area contributed by atoms with E-state index in [1.165, 1.54) is 92.5 Å². The van der Waals surface area contributed by atoms with E-state index in [1.807, 2.05) is 0 Å². The largest absolute Gasteiger partial charge is 0.456 e. The van der Waals surface area contributed by atoms with Gasteiger partial charge in [0, 0.05) is 32.6 Å². The van der Waals surface area contributed by atoms with Crippen LogP contribution in [0.1, 0.15) is 0 Å². The maximum Gasteiger partial charge on any atom is 0.136 e. The number of hydrogen-bond acceptors (Lipinski definition) is 1. The van der Waals surface area contributed by atoms with Crippen LogP contribution in [0.2, 0.25) is 0 Å². The van der Waals surface area contributed by atoms with Crippen LogP contribution in [0, 0.1) is 0 Å². The van der Waals surface area contributed by atoms with Gasteiger partial charge in [-0.1, -0.05) is 109 Å². The van der Waals surface area contributed by atoms with E-state index in [2.05, 4.69) is 168 Å². The van der Waals surface area contributed by atoms with E-state index in [-0.39, 0.29) is 0 Å². The molecule has 2 heterocycles. The van der Waals surface area contributed by atoms with Gasteiger partial charge in [-0.15, -0.1) is 0 Å². The minimum atomic E-state index is 0.929. The van der Waals surface area contributed by atoms with E-state index in [0.717, 1.165) is 11.2 Å². The summed E-state index contributed by atoms with van der Waals surface area (Å²) in [6.45, 7) is 0. The summed E-state index contributed by atoms with van der Waals surface area (Å²) in [5, 5.41) is 14.9. The van der Waals surface area contributed by atoms with Crippen LogP contribution in [0.5, 0.6) is 0 Å². The first-order valence-electron chi connectivity index (χ1n) is 16.5. The summed E-state index contributed by atoms with van der Waals surface area (Å²) in [6.07, 6.45) is 0. The van der Waals surface area contributed by atoms with Crippen LogP contribution < -0.4 is 0 Å². The Kier molecular flexibility index (Phi) is 5.14. The SMILES string of the molecule is c1ccc(-n2c3ccccc3c3cc(-c4ccc5c(c4)c4ccccc4c4c5ccc5oc6ccc7ccccc7c6c54)ccc32)cc1. The molecule has 0 fully saturated rings. The Balaban J connectivity index is 1.19. The predicted octanol–water partition coefficient (Wildman–Crippen LogP) is 13.0. The first-order valence-corrected chi connectivity index (χ1v) is 16.5. The predicted molar refractivity (Wildman–Crippen MR) is 204 cm³/mol. The van der Waals surface area contributed by atoms with E-state index in [1.54, 1.807) is 0 Å². The van der Waals surface area contributed by atoms with Gasteiger partial charge in [0.05, 0.1) is 11.0 Å². The molecule has 0 amide bonds. The van der Waals surface area contributed by atoms with Gasteiger partial charge in [-0.2, -0.15) is 0 Å². The van der Waals surface area contributed by atoms with Crippen molar-refractivity contribution in [3.63, 3.8) is 0 Å². The van der Waals surface area contributed by atoms with Crippen LogP contribution in [0.4, 0.5) is 0 Å². The lowest BCUT2D eigenvalue weighted by atomic mass is 9.89. The van der Waals surface area contributed by atoms with Crippen LogP contribution in [0.3, 0.4) is 0 Å². The molecule has 0 spiro atoms. The zero-order chi connectivity index (χ0) is 31.3. The Labute approximate surface area is 275 Å². The summed E-state index contributed by atoms with van der Waals surface area (Å²) in [7, 11) is 0. The van der Waals surface area contributed by atoms with Gasteiger partial charge in [0.1, 0.15) is 11.2 Å². The van der Waals surface area contributed by atoms with Crippen molar-refractivity contribution in [1.29, 1.82) is 0 Å². The molecule has 0 saturated carbocycles. The molecule has 0 aliphatic carbocycles. The van der Waals surface area contributed by atoms with Crippen LogP contribution in [-0.2, 0) is 0 Å². The number of furan rings is 1. The summed E-state index contributed by atoms with van der Waals surface area (Å²) in [6, 6.07) is 59.5. The van der Waals surface area contributed by atoms with Gasteiger partial charge in [0.2, 0.25) is 0 Å². The molecule has 0 atom stereocenters. The van der Waals surface area contributed by atoms with Crippen molar-refractivity contribution in [1.82, 2.24) is 4.57 Å². The fourth-order valence-corrected chi connectivity index (χ4v) is 8.26. The number of benzene rings is 9. The Bertz CT molecular complexity index is 3090. The maximum absolute atomic E-state index is 6.50. The molecule has 2 nitrogen and oxygen atoms in total. The van der Waals surface area contributed by atoms with Gasteiger partial charge in [0.15, 0.2) is 0 Å². The minimum Gasteiger partial charge on any atom is -0.456 e. The number of aromatic nitrogens is 1. The maximum atomic E-state index is 6.50. The molecule has 222 valence electrons. The van der Waals surface area contributed by atoms with Crippen LogP contribution in [-0.4, -0.2) is 4.57 Å². The Morgan fingerprint density at radius 2 is 0.917 bits per heavy atom. The molecular formula is C46H27NO. The quantitative estimate of drug-likeness (QED) is 0.178. The lowest BCUT2D eigenvalue weighted by molar-refractivity contribution is 0.669. The van der Waals surface area contributed by atoms with Crippen LogP contribution in [0.25, 0.3) is 104 Å². The third-order valence-corrected chi connectivity index (χ3v) is 10.3. The molecule has 2 aromatic heterocycles. The molecule has 0 bridgehead atoms. The monoisotopic (exact) mass is 609 g/mol. The van der Waals surface area contributed by atoms with E-state index in [0.29, 0.717) is 0 Å². The van der Waals surface area contributed by atoms with E-state index in [9.17, 15) is 0 Å². The van der Waals surface area contributed by atoms with Crippen LogP contribution >= 0.6 is 0 Å². The Morgan fingerprint density at radius 1 is 0.333 bits per heavy atom. The molecule has 0 aliphatic rings. The first kappa shape index (κ1) is 25.8. The lowest BCUT2D eigenvalue weighted by Gasteiger charge is -2.13. The van der Waals surface area contributed by atoms with Crippen molar-refractivity contribution >= 4 is 86.8 Å². The number of nitrogens with zero attached hydrogens (tertiary/aromatic N) is 1. The second-order valence-corrected chi connectivity index (χ2v) is 12.8. The molecule has 0 unspecified atom stereocenters. The minimum absolute atomic E-state index is 0.929. The van der Waals surface area contributed by atoms with Gasteiger partial charge < -0.3 is 8.98 Å². The summed E-state index contributed by atoms with van der Waals surface area (Å²) in [5.41, 5.74) is 7.90. The molecule has 0 aliphatic heterocycles. The average molecular weight is 610 g/mol. The van der Waals surface area contributed by atoms with Crippen molar-refractivity contribution in [2.45, 2.75) is 0 Å².